The summed E-state index contributed by atoms with van der Waals surface area (Å²) in [6.07, 6.45) is 0. The topological polar surface area (TPSA) is 64.7 Å². The van der Waals surface area contributed by atoms with Crippen molar-refractivity contribution in [3.8, 4) is 44.7 Å². The highest BCUT2D eigenvalue weighted by molar-refractivity contribution is 7.21. The number of hydrogen-bond donors (Lipinski definition) is 0. The zero-order valence-corrected chi connectivity index (χ0v) is 24.1. The van der Waals surface area contributed by atoms with E-state index in [1.54, 1.807) is 11.3 Å². The monoisotopic (exact) mass is 582 g/mol. The molecule has 0 aliphatic rings. The molecule has 0 saturated heterocycles. The van der Waals surface area contributed by atoms with Gasteiger partial charge in [0.05, 0.1) is 10.2 Å². The molecule has 6 heteroatoms. The van der Waals surface area contributed by atoms with Crippen LogP contribution in [0.1, 0.15) is 0 Å². The van der Waals surface area contributed by atoms with Crippen LogP contribution in [-0.2, 0) is 0 Å². The summed E-state index contributed by atoms with van der Waals surface area (Å²) in [7, 11) is 0. The maximum Gasteiger partial charge on any atom is 0.164 e. The van der Waals surface area contributed by atoms with E-state index in [-0.39, 0.29) is 0 Å². The number of fused-ring (bicyclic) bond motifs is 6. The third kappa shape index (κ3) is 4.15. The molecule has 0 saturated carbocycles. The van der Waals surface area contributed by atoms with E-state index in [2.05, 4.69) is 60.7 Å². The van der Waals surface area contributed by atoms with Crippen molar-refractivity contribution in [1.29, 1.82) is 0 Å². The molecule has 0 aliphatic heterocycles. The largest absolute Gasteiger partial charge is 0.456 e. The van der Waals surface area contributed by atoms with Gasteiger partial charge >= 0.3 is 0 Å². The predicted octanol–water partition coefficient (Wildman–Crippen LogP) is 10.2. The highest BCUT2D eigenvalue weighted by atomic mass is 32.1. The fraction of sp³-hybridized carbons (Fsp3) is 0. The number of nitrogens with zero attached hydrogens (tertiary/aromatic N) is 4. The van der Waals surface area contributed by atoms with Crippen molar-refractivity contribution in [1.82, 2.24) is 19.9 Å². The molecule has 5 nitrogen and oxygen atoms in total. The number of furan rings is 1. The van der Waals surface area contributed by atoms with Crippen LogP contribution in [0.15, 0.2) is 138 Å². The van der Waals surface area contributed by atoms with Gasteiger partial charge in [-0.2, -0.15) is 0 Å². The standard InChI is InChI=1S/C38H22N4OS/c1-3-9-23(10-4-1)35-40-36(42-37(41-35)27-16-19-30-29-13-7-8-14-31(29)43-32(30)22-27)26-15-18-28-25(21-26)17-20-33-34(28)39-38(44-33)24-11-5-2-6-12-24/h1-22H. The van der Waals surface area contributed by atoms with Crippen LogP contribution in [0, 0.1) is 0 Å². The smallest absolute Gasteiger partial charge is 0.164 e. The van der Waals surface area contributed by atoms with Gasteiger partial charge in [0.1, 0.15) is 16.2 Å². The van der Waals surface area contributed by atoms with Gasteiger partial charge in [0.25, 0.3) is 0 Å². The maximum atomic E-state index is 6.18. The van der Waals surface area contributed by atoms with Gasteiger partial charge in [-0.3, -0.25) is 0 Å². The highest BCUT2D eigenvalue weighted by Gasteiger charge is 2.16. The van der Waals surface area contributed by atoms with Crippen molar-refractivity contribution < 1.29 is 4.42 Å². The molecule has 3 aromatic heterocycles. The van der Waals surface area contributed by atoms with Crippen LogP contribution < -0.4 is 0 Å². The van der Waals surface area contributed by atoms with E-state index in [0.29, 0.717) is 17.5 Å². The SMILES string of the molecule is c1ccc(-c2nc(-c3ccc4c(ccc5sc(-c6ccccc6)nc54)c3)nc(-c3ccc4c(c3)oc3ccccc34)n2)cc1. The van der Waals surface area contributed by atoms with Gasteiger partial charge in [0.15, 0.2) is 17.5 Å². The van der Waals surface area contributed by atoms with Crippen LogP contribution in [0.5, 0.6) is 0 Å². The molecule has 0 fully saturated rings. The third-order valence-electron chi connectivity index (χ3n) is 7.96. The number of hydrogen-bond acceptors (Lipinski definition) is 6. The van der Waals surface area contributed by atoms with Gasteiger partial charge in [0.2, 0.25) is 0 Å². The van der Waals surface area contributed by atoms with Gasteiger partial charge in [0, 0.05) is 38.4 Å². The molecule has 0 bridgehead atoms. The normalized spacial score (nSPS) is 11.6. The molecule has 9 aromatic rings. The summed E-state index contributed by atoms with van der Waals surface area (Å²) in [5, 5.41) is 5.38. The molecule has 0 spiro atoms. The molecule has 0 amide bonds. The van der Waals surface area contributed by atoms with Gasteiger partial charge in [-0.25, -0.2) is 19.9 Å². The van der Waals surface area contributed by atoms with Gasteiger partial charge in [-0.05, 0) is 35.7 Å². The molecule has 9 rings (SSSR count). The van der Waals surface area contributed by atoms with Crippen LogP contribution in [0.25, 0.3) is 87.7 Å². The summed E-state index contributed by atoms with van der Waals surface area (Å²) in [4.78, 5) is 19.9. The minimum Gasteiger partial charge on any atom is -0.456 e. The van der Waals surface area contributed by atoms with E-state index in [4.69, 9.17) is 24.4 Å². The average Bonchev–Trinajstić information content (AvgIpc) is 3.70. The first-order valence-electron chi connectivity index (χ1n) is 14.4. The second-order valence-corrected chi connectivity index (χ2v) is 11.7. The summed E-state index contributed by atoms with van der Waals surface area (Å²) in [5.41, 5.74) is 6.53. The van der Waals surface area contributed by atoms with Crippen molar-refractivity contribution in [3.05, 3.63) is 133 Å². The lowest BCUT2D eigenvalue weighted by molar-refractivity contribution is 0.669. The molecule has 0 unspecified atom stereocenters. The van der Waals surface area contributed by atoms with Gasteiger partial charge < -0.3 is 4.42 Å². The van der Waals surface area contributed by atoms with Crippen molar-refractivity contribution in [2.75, 3.05) is 0 Å². The summed E-state index contributed by atoms with van der Waals surface area (Å²) in [6.45, 7) is 0. The van der Waals surface area contributed by atoms with Crippen molar-refractivity contribution in [2.45, 2.75) is 0 Å². The molecular weight excluding hydrogens is 561 g/mol. The van der Waals surface area contributed by atoms with E-state index >= 15 is 0 Å². The molecular formula is C38H22N4OS. The molecule has 0 radical (unpaired) electrons. The Labute approximate surface area is 256 Å². The van der Waals surface area contributed by atoms with Gasteiger partial charge in [-0.1, -0.05) is 103 Å². The van der Waals surface area contributed by atoms with Gasteiger partial charge in [-0.15, -0.1) is 11.3 Å². The number of aromatic nitrogens is 4. The molecule has 0 atom stereocenters. The van der Waals surface area contributed by atoms with Crippen LogP contribution in [-0.4, -0.2) is 19.9 Å². The Morgan fingerprint density at radius 3 is 1.82 bits per heavy atom. The molecule has 0 N–H and O–H groups in total. The lowest BCUT2D eigenvalue weighted by atomic mass is 10.1. The Morgan fingerprint density at radius 2 is 1.05 bits per heavy atom. The second-order valence-electron chi connectivity index (χ2n) is 10.7. The second kappa shape index (κ2) is 9.93. The van der Waals surface area contributed by atoms with E-state index in [9.17, 15) is 0 Å². The fourth-order valence-electron chi connectivity index (χ4n) is 5.78. The van der Waals surface area contributed by atoms with Crippen LogP contribution >= 0.6 is 11.3 Å². The Morgan fingerprint density at radius 1 is 0.432 bits per heavy atom. The van der Waals surface area contributed by atoms with E-state index in [0.717, 1.165) is 65.5 Å². The summed E-state index contributed by atoms with van der Waals surface area (Å²) in [6, 6.07) is 45.3. The Hall–Kier alpha value is -5.72. The van der Waals surface area contributed by atoms with Crippen molar-refractivity contribution >= 4 is 54.3 Å². The quantitative estimate of drug-likeness (QED) is 0.207. The highest BCUT2D eigenvalue weighted by Crippen LogP contribution is 2.36. The predicted molar refractivity (Wildman–Crippen MR) is 180 cm³/mol. The molecule has 0 aliphatic carbocycles. The van der Waals surface area contributed by atoms with Crippen molar-refractivity contribution in [2.24, 2.45) is 0 Å². The summed E-state index contributed by atoms with van der Waals surface area (Å²) >= 11 is 1.72. The van der Waals surface area contributed by atoms with E-state index < -0.39 is 0 Å². The van der Waals surface area contributed by atoms with Crippen LogP contribution in [0.2, 0.25) is 0 Å². The fourth-order valence-corrected chi connectivity index (χ4v) is 6.77. The lowest BCUT2D eigenvalue weighted by Crippen LogP contribution is -2.00. The zero-order chi connectivity index (χ0) is 29.0. The number of rotatable bonds is 4. The number of benzene rings is 6. The maximum absolute atomic E-state index is 6.18. The average molecular weight is 583 g/mol. The van der Waals surface area contributed by atoms with E-state index in [1.807, 2.05) is 72.8 Å². The van der Waals surface area contributed by atoms with Crippen molar-refractivity contribution in [3.63, 3.8) is 0 Å². The minimum atomic E-state index is 0.596. The molecule has 206 valence electrons. The summed E-state index contributed by atoms with van der Waals surface area (Å²) < 4.78 is 7.35. The lowest BCUT2D eigenvalue weighted by Gasteiger charge is -2.09. The third-order valence-corrected chi connectivity index (χ3v) is 9.03. The summed E-state index contributed by atoms with van der Waals surface area (Å²) in [5.74, 6) is 1.83. The van der Waals surface area contributed by atoms with Crippen LogP contribution in [0.3, 0.4) is 0 Å². The first-order valence-corrected chi connectivity index (χ1v) is 15.2. The van der Waals surface area contributed by atoms with E-state index in [1.165, 1.54) is 4.70 Å². The first kappa shape index (κ1) is 24.8. The van der Waals surface area contributed by atoms with Crippen LogP contribution in [0.4, 0.5) is 0 Å². The number of thiazole rings is 1. The molecule has 6 aromatic carbocycles. The first-order chi connectivity index (χ1) is 21.8. The Balaban J connectivity index is 1.19. The molecule has 3 heterocycles. The minimum absolute atomic E-state index is 0.596. The Bertz CT molecular complexity index is 2500. The number of para-hydroxylation sites is 1. The molecule has 44 heavy (non-hydrogen) atoms. The zero-order valence-electron chi connectivity index (χ0n) is 23.3. The Kier molecular flexibility index (Phi) is 5.61.